The number of para-hydroxylation sites is 2. The zero-order valence-electron chi connectivity index (χ0n) is 11.7. The fraction of sp³-hybridized carbons (Fsp3) is 0.467. The van der Waals surface area contributed by atoms with Gasteiger partial charge < -0.3 is 14.8 Å². The molecule has 1 atom stereocenters. The summed E-state index contributed by atoms with van der Waals surface area (Å²) in [6, 6.07) is 7.16. The van der Waals surface area contributed by atoms with E-state index >= 15 is 0 Å². The summed E-state index contributed by atoms with van der Waals surface area (Å²) in [6.45, 7) is 3.96. The Kier molecular flexibility index (Phi) is 4.61. The SMILES string of the molecule is CCOc1ccccc1NC(=O)[C@H](C)OC(=O)C1CC1. The van der Waals surface area contributed by atoms with Crippen LogP contribution in [0.1, 0.15) is 26.7 Å². The lowest BCUT2D eigenvalue weighted by Gasteiger charge is -2.15. The van der Waals surface area contributed by atoms with Crippen molar-refractivity contribution in [3.63, 3.8) is 0 Å². The van der Waals surface area contributed by atoms with Crippen LogP contribution in [0, 0.1) is 5.92 Å². The van der Waals surface area contributed by atoms with Crippen LogP contribution < -0.4 is 10.1 Å². The number of amides is 1. The Morgan fingerprint density at radius 3 is 2.70 bits per heavy atom. The average Bonchev–Trinajstić information content (AvgIpc) is 3.25. The minimum Gasteiger partial charge on any atom is -0.492 e. The van der Waals surface area contributed by atoms with Gasteiger partial charge in [0.25, 0.3) is 5.91 Å². The summed E-state index contributed by atoms with van der Waals surface area (Å²) in [5.41, 5.74) is 0.577. The third-order valence-electron chi connectivity index (χ3n) is 3.02. The van der Waals surface area contributed by atoms with Crippen LogP contribution >= 0.6 is 0 Å². The first-order valence-corrected chi connectivity index (χ1v) is 6.85. The molecule has 1 aliphatic rings. The molecule has 1 aromatic carbocycles. The Bertz CT molecular complexity index is 496. The molecule has 1 aliphatic carbocycles. The van der Waals surface area contributed by atoms with Gasteiger partial charge in [0.15, 0.2) is 6.10 Å². The van der Waals surface area contributed by atoms with Crippen molar-refractivity contribution in [1.82, 2.24) is 0 Å². The van der Waals surface area contributed by atoms with Crippen LogP contribution in [0.5, 0.6) is 5.75 Å². The second-order valence-electron chi connectivity index (χ2n) is 4.77. The Hall–Kier alpha value is -2.04. The zero-order chi connectivity index (χ0) is 14.5. The maximum absolute atomic E-state index is 12.0. The van der Waals surface area contributed by atoms with Gasteiger partial charge in [-0.05, 0) is 38.8 Å². The van der Waals surface area contributed by atoms with E-state index < -0.39 is 6.10 Å². The van der Waals surface area contributed by atoms with E-state index in [9.17, 15) is 9.59 Å². The maximum atomic E-state index is 12.0. The zero-order valence-corrected chi connectivity index (χ0v) is 11.7. The molecule has 0 saturated heterocycles. The van der Waals surface area contributed by atoms with Gasteiger partial charge in [-0.1, -0.05) is 12.1 Å². The number of ether oxygens (including phenoxy) is 2. The first kappa shape index (κ1) is 14.4. The van der Waals surface area contributed by atoms with Crippen molar-refractivity contribution >= 4 is 17.6 Å². The molecule has 108 valence electrons. The summed E-state index contributed by atoms with van der Waals surface area (Å²) in [5.74, 6) is -0.0538. The number of anilines is 1. The van der Waals surface area contributed by atoms with Crippen molar-refractivity contribution in [2.24, 2.45) is 5.92 Å². The lowest BCUT2D eigenvalue weighted by molar-refractivity contribution is -0.154. The van der Waals surface area contributed by atoms with Crippen LogP contribution in [0.15, 0.2) is 24.3 Å². The second kappa shape index (κ2) is 6.41. The molecule has 1 amide bonds. The Labute approximate surface area is 118 Å². The average molecular weight is 277 g/mol. The van der Waals surface area contributed by atoms with Crippen molar-refractivity contribution in [1.29, 1.82) is 0 Å². The number of carbonyl (C=O) groups is 2. The molecule has 0 aromatic heterocycles. The van der Waals surface area contributed by atoms with Crippen LogP contribution in [-0.2, 0) is 14.3 Å². The minimum atomic E-state index is -0.808. The fourth-order valence-corrected chi connectivity index (χ4v) is 1.73. The number of hydrogen-bond donors (Lipinski definition) is 1. The number of nitrogens with one attached hydrogen (secondary N) is 1. The molecule has 0 bridgehead atoms. The summed E-state index contributed by atoms with van der Waals surface area (Å²) in [4.78, 5) is 23.5. The highest BCUT2D eigenvalue weighted by Gasteiger charge is 2.33. The van der Waals surface area contributed by atoms with Crippen LogP contribution in [0.2, 0.25) is 0 Å². The summed E-state index contributed by atoms with van der Waals surface area (Å²) in [5, 5.41) is 2.72. The van der Waals surface area contributed by atoms with E-state index in [1.165, 1.54) is 0 Å². The Morgan fingerprint density at radius 1 is 1.35 bits per heavy atom. The molecule has 20 heavy (non-hydrogen) atoms. The van der Waals surface area contributed by atoms with E-state index in [0.717, 1.165) is 12.8 Å². The number of benzene rings is 1. The molecule has 1 saturated carbocycles. The minimum absolute atomic E-state index is 0.0130. The van der Waals surface area contributed by atoms with Crippen molar-refractivity contribution in [3.05, 3.63) is 24.3 Å². The van der Waals surface area contributed by atoms with Gasteiger partial charge in [0, 0.05) is 0 Å². The van der Waals surface area contributed by atoms with E-state index in [2.05, 4.69) is 5.32 Å². The Balaban J connectivity index is 1.94. The predicted octanol–water partition coefficient (Wildman–Crippen LogP) is 2.37. The summed E-state index contributed by atoms with van der Waals surface area (Å²) < 4.78 is 10.5. The predicted molar refractivity (Wildman–Crippen MR) is 74.5 cm³/mol. The molecule has 5 nitrogen and oxygen atoms in total. The standard InChI is InChI=1S/C15H19NO4/c1-3-19-13-7-5-4-6-12(13)16-14(17)10(2)20-15(18)11-8-9-11/h4-7,10-11H,3,8-9H2,1-2H3,(H,16,17)/t10-/m0/s1. The van der Waals surface area contributed by atoms with Crippen LogP contribution in [0.3, 0.4) is 0 Å². The topological polar surface area (TPSA) is 64.6 Å². The molecule has 1 N–H and O–H groups in total. The molecule has 0 unspecified atom stereocenters. The third kappa shape index (κ3) is 3.73. The number of carbonyl (C=O) groups excluding carboxylic acids is 2. The van der Waals surface area contributed by atoms with Gasteiger partial charge >= 0.3 is 5.97 Å². The number of esters is 1. The largest absolute Gasteiger partial charge is 0.492 e. The van der Waals surface area contributed by atoms with E-state index in [1.807, 2.05) is 13.0 Å². The molecule has 0 aliphatic heterocycles. The molecule has 0 spiro atoms. The van der Waals surface area contributed by atoms with Crippen LogP contribution in [0.4, 0.5) is 5.69 Å². The van der Waals surface area contributed by atoms with Crippen molar-refractivity contribution in [2.45, 2.75) is 32.8 Å². The van der Waals surface area contributed by atoms with Gasteiger partial charge in [0.05, 0.1) is 18.2 Å². The molecule has 1 fully saturated rings. The summed E-state index contributed by atoms with van der Waals surface area (Å²) >= 11 is 0. The summed E-state index contributed by atoms with van der Waals surface area (Å²) in [7, 11) is 0. The van der Waals surface area contributed by atoms with Gasteiger partial charge in [0.1, 0.15) is 5.75 Å². The quantitative estimate of drug-likeness (QED) is 0.811. The van der Waals surface area contributed by atoms with E-state index in [1.54, 1.807) is 25.1 Å². The molecule has 1 aromatic rings. The molecule has 0 heterocycles. The van der Waals surface area contributed by atoms with E-state index in [0.29, 0.717) is 18.0 Å². The maximum Gasteiger partial charge on any atom is 0.309 e. The highest BCUT2D eigenvalue weighted by atomic mass is 16.5. The van der Waals surface area contributed by atoms with Gasteiger partial charge in [-0.3, -0.25) is 9.59 Å². The van der Waals surface area contributed by atoms with E-state index in [4.69, 9.17) is 9.47 Å². The lowest BCUT2D eigenvalue weighted by atomic mass is 10.2. The summed E-state index contributed by atoms with van der Waals surface area (Å²) in [6.07, 6.45) is 0.915. The lowest BCUT2D eigenvalue weighted by Crippen LogP contribution is -2.30. The number of rotatable bonds is 6. The Morgan fingerprint density at radius 2 is 2.05 bits per heavy atom. The molecular weight excluding hydrogens is 258 g/mol. The highest BCUT2D eigenvalue weighted by Crippen LogP contribution is 2.30. The fourth-order valence-electron chi connectivity index (χ4n) is 1.73. The van der Waals surface area contributed by atoms with Crippen LogP contribution in [-0.4, -0.2) is 24.6 Å². The highest BCUT2D eigenvalue weighted by molar-refractivity contribution is 5.96. The molecule has 2 rings (SSSR count). The molecular formula is C15H19NO4. The number of hydrogen-bond acceptors (Lipinski definition) is 4. The van der Waals surface area contributed by atoms with Gasteiger partial charge in [-0.25, -0.2) is 0 Å². The third-order valence-corrected chi connectivity index (χ3v) is 3.02. The van der Waals surface area contributed by atoms with Gasteiger partial charge in [-0.15, -0.1) is 0 Å². The van der Waals surface area contributed by atoms with Gasteiger partial charge in [-0.2, -0.15) is 0 Å². The monoisotopic (exact) mass is 277 g/mol. The smallest absolute Gasteiger partial charge is 0.309 e. The van der Waals surface area contributed by atoms with Crippen LogP contribution in [0.25, 0.3) is 0 Å². The first-order chi connectivity index (χ1) is 9.61. The normalized spacial score (nSPS) is 15.3. The van der Waals surface area contributed by atoms with Crippen molar-refractivity contribution in [3.8, 4) is 5.75 Å². The van der Waals surface area contributed by atoms with Crippen molar-refractivity contribution in [2.75, 3.05) is 11.9 Å². The second-order valence-corrected chi connectivity index (χ2v) is 4.77. The molecule has 5 heteroatoms. The van der Waals surface area contributed by atoms with E-state index in [-0.39, 0.29) is 17.8 Å². The first-order valence-electron chi connectivity index (χ1n) is 6.85. The van der Waals surface area contributed by atoms with Crippen molar-refractivity contribution < 1.29 is 19.1 Å². The molecule has 0 radical (unpaired) electrons. The van der Waals surface area contributed by atoms with Gasteiger partial charge in [0.2, 0.25) is 0 Å².